The minimum absolute atomic E-state index is 0. The number of phenols is 1. The number of rotatable bonds is 0. The Kier molecular flexibility index (Phi) is 5.21. The van der Waals surface area contributed by atoms with Crippen LogP contribution in [0, 0.1) is 0 Å². The summed E-state index contributed by atoms with van der Waals surface area (Å²) in [6, 6.07) is 6.67. The Labute approximate surface area is 103 Å². The summed E-state index contributed by atoms with van der Waals surface area (Å²) in [5.41, 5.74) is 0. The summed E-state index contributed by atoms with van der Waals surface area (Å²) in [4.78, 5) is 0. The van der Waals surface area contributed by atoms with Crippen molar-refractivity contribution in [1.82, 2.24) is 0 Å². The van der Waals surface area contributed by atoms with Crippen LogP contribution in [-0.4, -0.2) is 5.11 Å². The van der Waals surface area contributed by atoms with Gasteiger partial charge in [0.15, 0.2) is 0 Å². The van der Waals surface area contributed by atoms with Crippen LogP contribution in [0.2, 0.25) is 5.02 Å². The summed E-state index contributed by atoms with van der Waals surface area (Å²) in [7, 11) is 0. The van der Waals surface area contributed by atoms with E-state index in [2.05, 4.69) is 0 Å². The Morgan fingerprint density at radius 3 is 2.22 bits per heavy atom. The molecule has 3 heteroatoms. The molecule has 0 fully saturated rings. The molecule has 0 radical (unpaired) electrons. The van der Waals surface area contributed by atoms with Crippen molar-refractivity contribution in [3.63, 3.8) is 0 Å². The molecule has 0 aliphatic heterocycles. The zero-order valence-electron chi connectivity index (χ0n) is 6.13. The third kappa shape index (κ3) is 3.02. The first-order valence-corrected chi connectivity index (χ1v) is 2.62. The first-order chi connectivity index (χ1) is 3.80. The normalized spacial score (nSPS) is 8.11. The summed E-state index contributed by atoms with van der Waals surface area (Å²) in [5, 5.41) is 9.18. The molecule has 0 saturated heterocycles. The second-order valence-corrected chi connectivity index (χ2v) is 1.86. The molecule has 0 aliphatic rings. The molecule has 0 unspecified atom stereocenters. The van der Waals surface area contributed by atoms with Gasteiger partial charge in [-0.15, -0.1) is 0 Å². The van der Waals surface area contributed by atoms with E-state index in [9.17, 15) is 0 Å². The van der Waals surface area contributed by atoms with Crippen molar-refractivity contribution < 1.29 is 57.9 Å². The van der Waals surface area contributed by atoms with E-state index in [0.29, 0.717) is 5.02 Å². The second kappa shape index (κ2) is 4.71. The minimum atomic E-state index is 0. The van der Waals surface area contributed by atoms with Crippen LogP contribution in [0.4, 0.5) is 0 Å². The number of phenolic OH excluding ortho intramolecular Hbond substituents is 1. The van der Waals surface area contributed by atoms with Crippen LogP contribution in [-0.2, 0) is 0 Å². The zero-order chi connectivity index (χ0) is 5.98. The molecule has 0 atom stereocenters. The number of para-hydroxylation sites is 1. The SMILES string of the molecule is Oc1ccccc1Cl.[H-].[K+]. The van der Waals surface area contributed by atoms with Crippen molar-refractivity contribution in [1.29, 1.82) is 0 Å². The smallest absolute Gasteiger partial charge is 1.00 e. The van der Waals surface area contributed by atoms with Crippen molar-refractivity contribution in [3.8, 4) is 5.75 Å². The predicted octanol–water partition coefficient (Wildman–Crippen LogP) is -0.838. The molecule has 9 heavy (non-hydrogen) atoms. The van der Waals surface area contributed by atoms with Crippen LogP contribution >= 0.6 is 11.6 Å². The van der Waals surface area contributed by atoms with Crippen molar-refractivity contribution in [2.45, 2.75) is 0 Å². The van der Waals surface area contributed by atoms with Crippen LogP contribution in [0.15, 0.2) is 24.3 Å². The van der Waals surface area contributed by atoms with E-state index in [1.54, 1.807) is 24.3 Å². The Morgan fingerprint density at radius 2 is 1.89 bits per heavy atom. The molecule has 0 aliphatic carbocycles. The summed E-state index contributed by atoms with van der Waals surface area (Å²) in [6.45, 7) is 0. The van der Waals surface area contributed by atoms with Gasteiger partial charge in [0.25, 0.3) is 0 Å². The summed E-state index contributed by atoms with van der Waals surface area (Å²) in [5.74, 6) is 0.133. The fourth-order valence-electron chi connectivity index (χ4n) is 0.452. The van der Waals surface area contributed by atoms with Crippen molar-refractivity contribution in [2.24, 2.45) is 0 Å². The van der Waals surface area contributed by atoms with E-state index in [0.717, 1.165) is 0 Å². The van der Waals surface area contributed by atoms with Gasteiger partial charge in [-0.25, -0.2) is 0 Å². The maximum Gasteiger partial charge on any atom is 1.00 e. The van der Waals surface area contributed by atoms with Crippen LogP contribution < -0.4 is 51.4 Å². The second-order valence-electron chi connectivity index (χ2n) is 1.45. The van der Waals surface area contributed by atoms with Crippen molar-refractivity contribution in [3.05, 3.63) is 29.3 Å². The van der Waals surface area contributed by atoms with E-state index < -0.39 is 0 Å². The van der Waals surface area contributed by atoms with E-state index in [4.69, 9.17) is 16.7 Å². The van der Waals surface area contributed by atoms with E-state index in [1.165, 1.54) is 0 Å². The molecule has 0 spiro atoms. The van der Waals surface area contributed by atoms with Crippen LogP contribution in [0.1, 0.15) is 1.43 Å². The molecule has 1 nitrogen and oxygen atoms in total. The molecule has 0 heterocycles. The van der Waals surface area contributed by atoms with Crippen LogP contribution in [0.3, 0.4) is 0 Å². The summed E-state index contributed by atoms with van der Waals surface area (Å²) >= 11 is 5.46. The molecule has 0 amide bonds. The van der Waals surface area contributed by atoms with Gasteiger partial charge in [0, 0.05) is 0 Å². The summed E-state index contributed by atoms with van der Waals surface area (Å²) in [6.07, 6.45) is 0. The number of hydrogen-bond donors (Lipinski definition) is 1. The Hall–Kier alpha value is 0.946. The number of benzene rings is 1. The van der Waals surface area contributed by atoms with Gasteiger partial charge in [-0.05, 0) is 12.1 Å². The number of aromatic hydroxyl groups is 1. The van der Waals surface area contributed by atoms with E-state index in [1.807, 2.05) is 0 Å². The first-order valence-electron chi connectivity index (χ1n) is 2.24. The van der Waals surface area contributed by atoms with Gasteiger partial charge in [0.2, 0.25) is 0 Å². The molecule has 0 bridgehead atoms. The van der Waals surface area contributed by atoms with Gasteiger partial charge in [-0.2, -0.15) is 0 Å². The van der Waals surface area contributed by atoms with Gasteiger partial charge in [0.05, 0.1) is 5.02 Å². The van der Waals surface area contributed by atoms with Gasteiger partial charge in [0.1, 0.15) is 5.75 Å². The maximum atomic E-state index is 8.79. The topological polar surface area (TPSA) is 20.2 Å². The minimum Gasteiger partial charge on any atom is -1.00 e. The average Bonchev–Trinajstić information content (AvgIpc) is 1.77. The Bertz CT molecular complexity index is 174. The largest absolute Gasteiger partial charge is 1.00 e. The van der Waals surface area contributed by atoms with Gasteiger partial charge in [-0.3, -0.25) is 0 Å². The molecule has 44 valence electrons. The predicted molar refractivity (Wildman–Crippen MR) is 34.2 cm³/mol. The number of halogens is 1. The quantitative estimate of drug-likeness (QED) is 0.501. The summed E-state index contributed by atoms with van der Waals surface area (Å²) < 4.78 is 0. The monoisotopic (exact) mass is 168 g/mol. The number of hydrogen-bond acceptors (Lipinski definition) is 1. The molecule has 1 aromatic rings. The maximum absolute atomic E-state index is 8.79. The van der Waals surface area contributed by atoms with Gasteiger partial charge < -0.3 is 6.53 Å². The standard InChI is InChI=1S/C6H5ClO.K.H/c7-5-3-1-2-4-6(5)8;;/h1-4,8H;;/q;+1;-1. The van der Waals surface area contributed by atoms with Crippen molar-refractivity contribution >= 4 is 11.6 Å². The fourth-order valence-corrected chi connectivity index (χ4v) is 0.587. The van der Waals surface area contributed by atoms with Gasteiger partial charge in [-0.1, -0.05) is 23.7 Å². The molecular formula is C6H6ClKO. The molecule has 1 rings (SSSR count). The third-order valence-corrected chi connectivity index (χ3v) is 1.17. The van der Waals surface area contributed by atoms with Crippen LogP contribution in [0.5, 0.6) is 5.75 Å². The van der Waals surface area contributed by atoms with E-state index >= 15 is 0 Å². The fraction of sp³-hybridized carbons (Fsp3) is 0. The van der Waals surface area contributed by atoms with E-state index in [-0.39, 0.29) is 58.6 Å². The molecular weight excluding hydrogens is 163 g/mol. The van der Waals surface area contributed by atoms with Gasteiger partial charge >= 0.3 is 51.4 Å². The zero-order valence-corrected chi connectivity index (χ0v) is 9.01. The van der Waals surface area contributed by atoms with Crippen LogP contribution in [0.25, 0.3) is 0 Å². The van der Waals surface area contributed by atoms with Crippen molar-refractivity contribution in [2.75, 3.05) is 0 Å². The average molecular weight is 169 g/mol. The Balaban J connectivity index is 0. The first kappa shape index (κ1) is 9.95. The molecule has 1 N–H and O–H groups in total. The molecule has 0 aromatic heterocycles. The Morgan fingerprint density at radius 1 is 1.33 bits per heavy atom. The molecule has 1 aromatic carbocycles. The molecule has 0 saturated carbocycles. The third-order valence-electron chi connectivity index (χ3n) is 0.852.